The van der Waals surface area contributed by atoms with Crippen molar-refractivity contribution in [3.8, 4) is 23.0 Å². The number of benzene rings is 2. The highest BCUT2D eigenvalue weighted by atomic mass is 32.2. The average Bonchev–Trinajstić information content (AvgIpc) is 3.33. The van der Waals surface area contributed by atoms with Crippen molar-refractivity contribution in [2.75, 3.05) is 0 Å². The summed E-state index contributed by atoms with van der Waals surface area (Å²) in [6, 6.07) is 18.5. The molecule has 0 radical (unpaired) electrons. The summed E-state index contributed by atoms with van der Waals surface area (Å²) in [6.07, 6.45) is 0. The van der Waals surface area contributed by atoms with Crippen molar-refractivity contribution in [1.82, 2.24) is 10.1 Å². The number of hydrogen-bond donors (Lipinski definition) is 0. The zero-order valence-electron chi connectivity index (χ0n) is 16.1. The lowest BCUT2D eigenvalue weighted by molar-refractivity contribution is 0.413. The fourth-order valence-electron chi connectivity index (χ4n) is 3.10. The Morgan fingerprint density at radius 3 is 2.34 bits per heavy atom. The SMILES string of the molecule is Cc1ccccc1CS(=O)(=O)Cc1ccc(-c2nc(-c3ccccc3C)no2)o1. The van der Waals surface area contributed by atoms with Gasteiger partial charge in [0.2, 0.25) is 5.82 Å². The van der Waals surface area contributed by atoms with E-state index < -0.39 is 9.84 Å². The third-order valence-electron chi connectivity index (χ3n) is 4.68. The van der Waals surface area contributed by atoms with Crippen LogP contribution in [0.3, 0.4) is 0 Å². The molecule has 6 nitrogen and oxygen atoms in total. The summed E-state index contributed by atoms with van der Waals surface area (Å²) in [5, 5.41) is 4.01. The van der Waals surface area contributed by atoms with E-state index in [1.807, 2.05) is 62.4 Å². The number of nitrogens with zero attached hydrogens (tertiary/aromatic N) is 2. The largest absolute Gasteiger partial charge is 0.455 e. The molecule has 0 bridgehead atoms. The first-order valence-corrected chi connectivity index (χ1v) is 11.0. The van der Waals surface area contributed by atoms with Crippen LogP contribution >= 0.6 is 0 Å². The maximum atomic E-state index is 12.6. The van der Waals surface area contributed by atoms with Crippen LogP contribution < -0.4 is 0 Å². The summed E-state index contributed by atoms with van der Waals surface area (Å²) in [5.74, 6) is 1.13. The molecule has 148 valence electrons. The second-order valence-electron chi connectivity index (χ2n) is 6.96. The maximum absolute atomic E-state index is 12.6. The second-order valence-corrected chi connectivity index (χ2v) is 9.03. The van der Waals surface area contributed by atoms with Gasteiger partial charge >= 0.3 is 0 Å². The summed E-state index contributed by atoms with van der Waals surface area (Å²) < 4.78 is 36.2. The van der Waals surface area contributed by atoms with E-state index in [-0.39, 0.29) is 17.4 Å². The summed E-state index contributed by atoms with van der Waals surface area (Å²) in [5.41, 5.74) is 3.64. The van der Waals surface area contributed by atoms with Crippen LogP contribution in [0.5, 0.6) is 0 Å². The molecule has 2 aromatic carbocycles. The predicted molar refractivity (Wildman–Crippen MR) is 110 cm³/mol. The van der Waals surface area contributed by atoms with Gasteiger partial charge in [0.15, 0.2) is 15.6 Å². The molecule has 0 aliphatic rings. The van der Waals surface area contributed by atoms with Crippen LogP contribution in [0.25, 0.3) is 23.0 Å². The molecular weight excluding hydrogens is 388 g/mol. The lowest BCUT2D eigenvalue weighted by Gasteiger charge is -2.06. The normalized spacial score (nSPS) is 11.7. The standard InChI is InChI=1S/C22H20N2O4S/c1-15-7-3-5-9-17(15)13-29(25,26)14-18-11-12-20(27-18)22-23-21(24-28-22)19-10-6-4-8-16(19)2/h3-12H,13-14H2,1-2H3. The van der Waals surface area contributed by atoms with Gasteiger partial charge in [0.1, 0.15) is 11.5 Å². The van der Waals surface area contributed by atoms with E-state index in [4.69, 9.17) is 8.94 Å². The van der Waals surface area contributed by atoms with Crippen LogP contribution in [-0.2, 0) is 21.3 Å². The molecule has 0 N–H and O–H groups in total. The number of aryl methyl sites for hydroxylation is 2. The van der Waals surface area contributed by atoms with E-state index in [9.17, 15) is 8.42 Å². The highest BCUT2D eigenvalue weighted by Crippen LogP contribution is 2.26. The Labute approximate surface area is 169 Å². The molecule has 29 heavy (non-hydrogen) atoms. The molecule has 4 rings (SSSR count). The van der Waals surface area contributed by atoms with E-state index in [0.717, 1.165) is 22.3 Å². The highest BCUT2D eigenvalue weighted by molar-refractivity contribution is 7.89. The van der Waals surface area contributed by atoms with Crippen LogP contribution in [0.1, 0.15) is 22.5 Å². The van der Waals surface area contributed by atoms with Crippen molar-refractivity contribution >= 4 is 9.84 Å². The third-order valence-corrected chi connectivity index (χ3v) is 6.16. The number of rotatable bonds is 6. The molecule has 0 atom stereocenters. The van der Waals surface area contributed by atoms with Gasteiger partial charge in [-0.05, 0) is 42.7 Å². The zero-order chi connectivity index (χ0) is 20.4. The molecule has 0 saturated carbocycles. The minimum atomic E-state index is -3.38. The Hall–Kier alpha value is -3.19. The Morgan fingerprint density at radius 1 is 0.862 bits per heavy atom. The van der Waals surface area contributed by atoms with Crippen molar-refractivity contribution in [2.24, 2.45) is 0 Å². The number of hydrogen-bond acceptors (Lipinski definition) is 6. The van der Waals surface area contributed by atoms with Crippen molar-refractivity contribution in [3.63, 3.8) is 0 Å². The van der Waals surface area contributed by atoms with Crippen molar-refractivity contribution in [2.45, 2.75) is 25.4 Å². The Kier molecular flexibility index (Phi) is 5.07. The van der Waals surface area contributed by atoms with Gasteiger partial charge < -0.3 is 8.94 Å². The molecule has 2 aromatic heterocycles. The molecule has 0 saturated heterocycles. The first-order chi connectivity index (χ1) is 13.9. The molecule has 0 amide bonds. The van der Waals surface area contributed by atoms with Gasteiger partial charge in [0, 0.05) is 5.56 Å². The zero-order valence-corrected chi connectivity index (χ0v) is 16.9. The third kappa shape index (κ3) is 4.30. The van der Waals surface area contributed by atoms with E-state index in [2.05, 4.69) is 10.1 Å². The van der Waals surface area contributed by atoms with E-state index in [1.165, 1.54) is 0 Å². The van der Waals surface area contributed by atoms with Crippen LogP contribution in [0.4, 0.5) is 0 Å². The van der Waals surface area contributed by atoms with E-state index in [1.54, 1.807) is 12.1 Å². The van der Waals surface area contributed by atoms with Gasteiger partial charge in [0.05, 0.1) is 5.75 Å². The first kappa shape index (κ1) is 19.1. The lowest BCUT2D eigenvalue weighted by atomic mass is 10.1. The van der Waals surface area contributed by atoms with E-state index in [0.29, 0.717) is 17.3 Å². The quantitative estimate of drug-likeness (QED) is 0.458. The first-order valence-electron chi connectivity index (χ1n) is 9.15. The Bertz CT molecular complexity index is 1260. The average molecular weight is 408 g/mol. The molecule has 4 aromatic rings. The topological polar surface area (TPSA) is 86.2 Å². The van der Waals surface area contributed by atoms with Gasteiger partial charge in [0.25, 0.3) is 5.89 Å². The van der Waals surface area contributed by atoms with Gasteiger partial charge in [-0.15, -0.1) is 0 Å². The molecular formula is C22H20N2O4S. The van der Waals surface area contributed by atoms with Gasteiger partial charge in [-0.1, -0.05) is 53.7 Å². The monoisotopic (exact) mass is 408 g/mol. The fraction of sp³-hybridized carbons (Fsp3) is 0.182. The van der Waals surface area contributed by atoms with E-state index >= 15 is 0 Å². The smallest absolute Gasteiger partial charge is 0.293 e. The minimum Gasteiger partial charge on any atom is -0.455 e. The minimum absolute atomic E-state index is 0.0340. The van der Waals surface area contributed by atoms with Crippen LogP contribution in [0.2, 0.25) is 0 Å². The van der Waals surface area contributed by atoms with Gasteiger partial charge in [-0.2, -0.15) is 4.98 Å². The lowest BCUT2D eigenvalue weighted by Crippen LogP contribution is -2.08. The van der Waals surface area contributed by atoms with Crippen molar-refractivity contribution < 1.29 is 17.4 Å². The fourth-order valence-corrected chi connectivity index (χ4v) is 4.59. The molecule has 0 fully saturated rings. The van der Waals surface area contributed by atoms with Gasteiger partial charge in [-0.3, -0.25) is 0 Å². The molecule has 0 aliphatic heterocycles. The summed E-state index contributed by atoms with van der Waals surface area (Å²) in [6.45, 7) is 3.87. The van der Waals surface area contributed by atoms with Crippen LogP contribution in [0, 0.1) is 13.8 Å². The van der Waals surface area contributed by atoms with Crippen LogP contribution in [-0.4, -0.2) is 18.6 Å². The van der Waals surface area contributed by atoms with Gasteiger partial charge in [-0.25, -0.2) is 8.42 Å². The number of furan rings is 1. The number of aromatic nitrogens is 2. The number of sulfone groups is 1. The summed E-state index contributed by atoms with van der Waals surface area (Å²) in [4.78, 5) is 4.38. The molecule has 0 spiro atoms. The Morgan fingerprint density at radius 2 is 1.59 bits per heavy atom. The second kappa shape index (κ2) is 7.67. The summed E-state index contributed by atoms with van der Waals surface area (Å²) in [7, 11) is -3.38. The molecule has 0 aliphatic carbocycles. The van der Waals surface area contributed by atoms with Crippen molar-refractivity contribution in [3.05, 3.63) is 83.1 Å². The molecule has 2 heterocycles. The van der Waals surface area contributed by atoms with Crippen LogP contribution in [0.15, 0.2) is 69.6 Å². The molecule has 7 heteroatoms. The van der Waals surface area contributed by atoms with Crippen molar-refractivity contribution in [1.29, 1.82) is 0 Å². The highest BCUT2D eigenvalue weighted by Gasteiger charge is 2.19. The molecule has 0 unspecified atom stereocenters. The maximum Gasteiger partial charge on any atom is 0.293 e. The predicted octanol–water partition coefficient (Wildman–Crippen LogP) is 4.73. The summed E-state index contributed by atoms with van der Waals surface area (Å²) >= 11 is 0. The Balaban J connectivity index is 1.52.